The Morgan fingerprint density at radius 2 is 1.89 bits per heavy atom. The summed E-state index contributed by atoms with van der Waals surface area (Å²) in [6, 6.07) is 14.3. The van der Waals surface area contributed by atoms with Gasteiger partial charge in [0.05, 0.1) is 11.7 Å². The van der Waals surface area contributed by atoms with Gasteiger partial charge in [0.2, 0.25) is 0 Å². The fourth-order valence-electron chi connectivity index (χ4n) is 2.54. The summed E-state index contributed by atoms with van der Waals surface area (Å²) in [6.07, 6.45) is 0.0218. The lowest BCUT2D eigenvalue weighted by Crippen LogP contribution is -2.32. The number of halogens is 1. The van der Waals surface area contributed by atoms with Crippen LogP contribution in [0.25, 0.3) is 0 Å². The second-order valence-electron chi connectivity index (χ2n) is 4.98. The summed E-state index contributed by atoms with van der Waals surface area (Å²) in [5.74, 6) is 0.899. The van der Waals surface area contributed by atoms with Crippen LogP contribution in [0.4, 0.5) is 5.69 Å². The summed E-state index contributed by atoms with van der Waals surface area (Å²) in [4.78, 5) is 0. The lowest BCUT2D eigenvalue weighted by molar-refractivity contribution is 0.176. The number of anilines is 1. The summed E-state index contributed by atoms with van der Waals surface area (Å²) in [5.41, 5.74) is 3.22. The molecule has 98 valence electrons. The van der Waals surface area contributed by atoms with E-state index < -0.39 is 0 Å². The molecule has 0 radical (unpaired) electrons. The van der Waals surface area contributed by atoms with Gasteiger partial charge in [0.25, 0.3) is 0 Å². The minimum Gasteiger partial charge on any atom is -0.481 e. The summed E-state index contributed by atoms with van der Waals surface area (Å²) >= 11 is 6.09. The molecule has 1 heterocycles. The SMILES string of the molecule is Cc1cc(Cl)cc2c1OC(c1ccccc1)C(C)N2. The number of ether oxygens (including phenoxy) is 1. The molecule has 2 nitrogen and oxygen atoms in total. The molecule has 0 aliphatic carbocycles. The molecule has 3 heteroatoms. The Morgan fingerprint density at radius 3 is 2.63 bits per heavy atom. The first-order chi connectivity index (χ1) is 9.15. The van der Waals surface area contributed by atoms with Crippen molar-refractivity contribution in [1.82, 2.24) is 0 Å². The lowest BCUT2D eigenvalue weighted by atomic mass is 10.0. The van der Waals surface area contributed by atoms with E-state index in [2.05, 4.69) is 24.4 Å². The van der Waals surface area contributed by atoms with Gasteiger partial charge in [0, 0.05) is 5.02 Å². The van der Waals surface area contributed by atoms with Crippen LogP contribution >= 0.6 is 11.6 Å². The Hall–Kier alpha value is -1.67. The molecule has 0 spiro atoms. The molecule has 0 fully saturated rings. The summed E-state index contributed by atoms with van der Waals surface area (Å²) < 4.78 is 6.19. The van der Waals surface area contributed by atoms with E-state index in [4.69, 9.17) is 16.3 Å². The number of benzene rings is 2. The van der Waals surface area contributed by atoms with Gasteiger partial charge in [-0.25, -0.2) is 0 Å². The molecule has 2 atom stereocenters. The molecular weight excluding hydrogens is 258 g/mol. The Balaban J connectivity index is 2.00. The second kappa shape index (κ2) is 4.78. The van der Waals surface area contributed by atoms with Crippen LogP contribution in [0.3, 0.4) is 0 Å². The maximum Gasteiger partial charge on any atom is 0.146 e. The topological polar surface area (TPSA) is 21.3 Å². The van der Waals surface area contributed by atoms with Crippen LogP contribution in [0.1, 0.15) is 24.2 Å². The summed E-state index contributed by atoms with van der Waals surface area (Å²) in [6.45, 7) is 4.14. The number of fused-ring (bicyclic) bond motifs is 1. The predicted octanol–water partition coefficient (Wildman–Crippen LogP) is 4.58. The van der Waals surface area contributed by atoms with E-state index in [-0.39, 0.29) is 12.1 Å². The zero-order valence-electron chi connectivity index (χ0n) is 11.0. The van der Waals surface area contributed by atoms with Crippen molar-refractivity contribution in [3.8, 4) is 5.75 Å². The second-order valence-corrected chi connectivity index (χ2v) is 5.42. The first-order valence-electron chi connectivity index (χ1n) is 6.43. The van der Waals surface area contributed by atoms with Crippen molar-refractivity contribution in [3.63, 3.8) is 0 Å². The largest absolute Gasteiger partial charge is 0.481 e. The molecule has 0 saturated heterocycles. The highest BCUT2D eigenvalue weighted by molar-refractivity contribution is 6.31. The van der Waals surface area contributed by atoms with Crippen molar-refractivity contribution in [1.29, 1.82) is 0 Å². The predicted molar refractivity (Wildman–Crippen MR) is 79.1 cm³/mol. The van der Waals surface area contributed by atoms with Crippen LogP contribution in [-0.4, -0.2) is 6.04 Å². The molecule has 2 aromatic carbocycles. The number of hydrogen-bond acceptors (Lipinski definition) is 2. The molecular formula is C16H16ClNO. The molecule has 2 aromatic rings. The third-order valence-corrected chi connectivity index (χ3v) is 3.67. The van der Waals surface area contributed by atoms with Crippen LogP contribution in [0, 0.1) is 6.92 Å². The molecule has 19 heavy (non-hydrogen) atoms. The highest BCUT2D eigenvalue weighted by Crippen LogP contribution is 2.41. The Morgan fingerprint density at radius 1 is 1.16 bits per heavy atom. The molecule has 0 aromatic heterocycles. The van der Waals surface area contributed by atoms with E-state index in [9.17, 15) is 0 Å². The fraction of sp³-hybridized carbons (Fsp3) is 0.250. The normalized spacial score (nSPS) is 21.2. The third-order valence-electron chi connectivity index (χ3n) is 3.45. The first kappa shape index (κ1) is 12.4. The average molecular weight is 274 g/mol. The van der Waals surface area contributed by atoms with Gasteiger partial charge in [0.1, 0.15) is 11.9 Å². The zero-order valence-corrected chi connectivity index (χ0v) is 11.7. The van der Waals surface area contributed by atoms with Gasteiger partial charge >= 0.3 is 0 Å². The Labute approximate surface area is 118 Å². The van der Waals surface area contributed by atoms with E-state index in [1.807, 2.05) is 37.3 Å². The highest BCUT2D eigenvalue weighted by atomic mass is 35.5. The number of nitrogens with one attached hydrogen (secondary N) is 1. The monoisotopic (exact) mass is 273 g/mol. The molecule has 1 aliphatic rings. The maximum atomic E-state index is 6.19. The summed E-state index contributed by atoms with van der Waals surface area (Å²) in [5, 5.41) is 4.21. The standard InChI is InChI=1S/C16H16ClNO/c1-10-8-13(17)9-14-15(10)19-16(11(2)18-14)12-6-4-3-5-7-12/h3-9,11,16,18H,1-2H3. The van der Waals surface area contributed by atoms with Crippen LogP contribution < -0.4 is 10.1 Å². The van der Waals surface area contributed by atoms with Crippen molar-refractivity contribution >= 4 is 17.3 Å². The fourth-order valence-corrected chi connectivity index (χ4v) is 2.82. The lowest BCUT2D eigenvalue weighted by Gasteiger charge is -2.34. The van der Waals surface area contributed by atoms with Crippen LogP contribution in [0.15, 0.2) is 42.5 Å². The third kappa shape index (κ3) is 2.28. The van der Waals surface area contributed by atoms with Gasteiger partial charge < -0.3 is 10.1 Å². The van der Waals surface area contributed by atoms with Crippen molar-refractivity contribution < 1.29 is 4.74 Å². The molecule has 0 saturated carbocycles. The highest BCUT2D eigenvalue weighted by Gasteiger charge is 2.28. The molecule has 3 rings (SSSR count). The Bertz CT molecular complexity index is 597. The van der Waals surface area contributed by atoms with Gasteiger partial charge in [-0.15, -0.1) is 0 Å². The molecule has 2 unspecified atom stereocenters. The smallest absolute Gasteiger partial charge is 0.146 e. The quantitative estimate of drug-likeness (QED) is 0.821. The van der Waals surface area contributed by atoms with Crippen LogP contribution in [0.2, 0.25) is 5.02 Å². The Kier molecular flexibility index (Phi) is 3.11. The van der Waals surface area contributed by atoms with Crippen LogP contribution in [-0.2, 0) is 0 Å². The molecule has 0 bridgehead atoms. The minimum absolute atomic E-state index is 0.0218. The molecule has 1 aliphatic heterocycles. The number of hydrogen-bond donors (Lipinski definition) is 1. The minimum atomic E-state index is 0.0218. The van der Waals surface area contributed by atoms with Gasteiger partial charge in [-0.2, -0.15) is 0 Å². The molecule has 1 N–H and O–H groups in total. The van der Waals surface area contributed by atoms with E-state index in [0.717, 1.165) is 22.0 Å². The average Bonchev–Trinajstić information content (AvgIpc) is 2.38. The van der Waals surface area contributed by atoms with Gasteiger partial charge in [-0.3, -0.25) is 0 Å². The van der Waals surface area contributed by atoms with E-state index >= 15 is 0 Å². The van der Waals surface area contributed by atoms with Crippen molar-refractivity contribution in [3.05, 3.63) is 58.6 Å². The zero-order chi connectivity index (χ0) is 13.4. The van der Waals surface area contributed by atoms with Crippen molar-refractivity contribution in [2.75, 3.05) is 5.32 Å². The van der Waals surface area contributed by atoms with Crippen LogP contribution in [0.5, 0.6) is 5.75 Å². The van der Waals surface area contributed by atoms with Gasteiger partial charge in [-0.05, 0) is 37.1 Å². The molecule has 0 amide bonds. The van der Waals surface area contributed by atoms with E-state index in [0.29, 0.717) is 0 Å². The van der Waals surface area contributed by atoms with Crippen molar-refractivity contribution in [2.24, 2.45) is 0 Å². The van der Waals surface area contributed by atoms with E-state index in [1.54, 1.807) is 0 Å². The van der Waals surface area contributed by atoms with E-state index in [1.165, 1.54) is 5.56 Å². The van der Waals surface area contributed by atoms with Gasteiger partial charge in [0.15, 0.2) is 0 Å². The number of rotatable bonds is 1. The van der Waals surface area contributed by atoms with Crippen molar-refractivity contribution in [2.45, 2.75) is 26.0 Å². The maximum absolute atomic E-state index is 6.19. The first-order valence-corrected chi connectivity index (χ1v) is 6.81. The number of aryl methyl sites for hydroxylation is 1. The summed E-state index contributed by atoms with van der Waals surface area (Å²) in [7, 11) is 0. The van der Waals surface area contributed by atoms with Gasteiger partial charge in [-0.1, -0.05) is 41.9 Å².